The van der Waals surface area contributed by atoms with E-state index in [1.54, 1.807) is 0 Å². The van der Waals surface area contributed by atoms with Crippen LogP contribution in [0, 0.1) is 0 Å². The van der Waals surface area contributed by atoms with Gasteiger partial charge in [-0.05, 0) is 44.4 Å². The van der Waals surface area contributed by atoms with E-state index in [9.17, 15) is 0 Å². The molecule has 2 rings (SSSR count). The van der Waals surface area contributed by atoms with Crippen molar-refractivity contribution < 1.29 is 0 Å². The Hall–Kier alpha value is -0.800. The summed E-state index contributed by atoms with van der Waals surface area (Å²) in [6, 6.07) is 6.33. The lowest BCUT2D eigenvalue weighted by molar-refractivity contribution is 0.485. The van der Waals surface area contributed by atoms with Crippen molar-refractivity contribution in [2.24, 2.45) is 5.73 Å². The number of hydrogen-bond acceptors (Lipinski definition) is 2. The monoisotopic (exact) mass is 268 g/mol. The van der Waals surface area contributed by atoms with Crippen molar-refractivity contribution in [2.75, 3.05) is 11.4 Å². The van der Waals surface area contributed by atoms with Gasteiger partial charge >= 0.3 is 0 Å². The molecule has 0 bridgehead atoms. The zero-order chi connectivity index (χ0) is 12.4. The van der Waals surface area contributed by atoms with E-state index in [-0.39, 0.29) is 0 Å². The third-order valence-corrected chi connectivity index (χ3v) is 3.79. The Balaban J connectivity index is 2.39. The van der Waals surface area contributed by atoms with Gasteiger partial charge < -0.3 is 10.6 Å². The van der Waals surface area contributed by atoms with Crippen LogP contribution >= 0.6 is 23.8 Å². The number of halogens is 1. The van der Waals surface area contributed by atoms with Crippen molar-refractivity contribution in [2.45, 2.75) is 32.2 Å². The molecule has 1 saturated heterocycles. The van der Waals surface area contributed by atoms with Crippen LogP contribution in [0.1, 0.15) is 31.7 Å². The number of hydrogen-bond donors (Lipinski definition) is 1. The van der Waals surface area contributed by atoms with Crippen LogP contribution in [0.2, 0.25) is 5.02 Å². The first-order valence-electron chi connectivity index (χ1n) is 5.95. The average molecular weight is 269 g/mol. The van der Waals surface area contributed by atoms with Crippen molar-refractivity contribution in [3.05, 3.63) is 28.8 Å². The van der Waals surface area contributed by atoms with E-state index >= 15 is 0 Å². The van der Waals surface area contributed by atoms with E-state index in [2.05, 4.69) is 11.8 Å². The highest BCUT2D eigenvalue weighted by molar-refractivity contribution is 7.80. The number of benzene rings is 1. The van der Waals surface area contributed by atoms with Crippen LogP contribution in [0.25, 0.3) is 0 Å². The van der Waals surface area contributed by atoms with Gasteiger partial charge in [-0.15, -0.1) is 0 Å². The minimum Gasteiger partial charge on any atom is -0.389 e. The molecule has 0 radical (unpaired) electrons. The zero-order valence-electron chi connectivity index (χ0n) is 9.95. The van der Waals surface area contributed by atoms with Crippen LogP contribution in [-0.4, -0.2) is 17.6 Å². The SMILES string of the molecule is CC1CCCCN1c1ccc(Cl)cc1C(N)=S. The quantitative estimate of drug-likeness (QED) is 0.834. The molecular formula is C13H17ClN2S. The summed E-state index contributed by atoms with van der Waals surface area (Å²) in [6.07, 6.45) is 3.75. The number of rotatable bonds is 2. The number of nitrogens with zero attached hydrogens (tertiary/aromatic N) is 1. The maximum Gasteiger partial charge on any atom is 0.106 e. The molecule has 1 aromatic carbocycles. The summed E-state index contributed by atoms with van der Waals surface area (Å²) in [5.41, 5.74) is 7.79. The first kappa shape index (κ1) is 12.7. The van der Waals surface area contributed by atoms with Gasteiger partial charge in [-0.1, -0.05) is 23.8 Å². The largest absolute Gasteiger partial charge is 0.389 e. The Labute approximate surface area is 113 Å². The average Bonchev–Trinajstić information content (AvgIpc) is 2.30. The molecule has 1 heterocycles. The maximum absolute atomic E-state index is 6.00. The minimum atomic E-state index is 0.417. The Morgan fingerprint density at radius 3 is 2.88 bits per heavy atom. The molecule has 0 aromatic heterocycles. The summed E-state index contributed by atoms with van der Waals surface area (Å²) in [5, 5.41) is 0.682. The molecule has 1 aliphatic heterocycles. The van der Waals surface area contributed by atoms with Gasteiger partial charge in [0.05, 0.1) is 0 Å². The molecular weight excluding hydrogens is 252 g/mol. The lowest BCUT2D eigenvalue weighted by atomic mass is 10.0. The molecule has 4 heteroatoms. The first-order valence-corrected chi connectivity index (χ1v) is 6.74. The molecule has 1 atom stereocenters. The summed E-state index contributed by atoms with van der Waals surface area (Å²) < 4.78 is 0. The number of anilines is 1. The Morgan fingerprint density at radius 2 is 2.24 bits per heavy atom. The molecule has 92 valence electrons. The predicted octanol–water partition coefficient (Wildman–Crippen LogP) is 3.35. The van der Waals surface area contributed by atoms with Crippen molar-refractivity contribution in [3.63, 3.8) is 0 Å². The molecule has 0 spiro atoms. The first-order chi connectivity index (χ1) is 8.09. The number of nitrogens with two attached hydrogens (primary N) is 1. The van der Waals surface area contributed by atoms with Crippen LogP contribution in [0.4, 0.5) is 5.69 Å². The second-order valence-corrected chi connectivity index (χ2v) is 5.44. The summed E-state index contributed by atoms with van der Waals surface area (Å²) in [7, 11) is 0. The Bertz CT molecular complexity index is 433. The standard InChI is InChI=1S/C13H17ClN2S/c1-9-4-2-3-7-16(9)12-6-5-10(14)8-11(12)13(15)17/h5-6,8-9H,2-4,7H2,1H3,(H2,15,17). The predicted molar refractivity (Wildman–Crippen MR) is 78.0 cm³/mol. The fourth-order valence-corrected chi connectivity index (χ4v) is 2.75. The molecule has 0 amide bonds. The van der Waals surface area contributed by atoms with Crippen LogP contribution in [-0.2, 0) is 0 Å². The van der Waals surface area contributed by atoms with Crippen LogP contribution in [0.5, 0.6) is 0 Å². The van der Waals surface area contributed by atoms with Gasteiger partial charge in [0.2, 0.25) is 0 Å². The molecule has 2 nitrogen and oxygen atoms in total. The van der Waals surface area contributed by atoms with E-state index in [1.807, 2.05) is 18.2 Å². The van der Waals surface area contributed by atoms with E-state index < -0.39 is 0 Å². The zero-order valence-corrected chi connectivity index (χ0v) is 11.5. The molecule has 17 heavy (non-hydrogen) atoms. The normalized spacial score (nSPS) is 20.4. The summed E-state index contributed by atoms with van der Waals surface area (Å²) in [5.74, 6) is 0. The molecule has 0 aliphatic carbocycles. The molecule has 1 aliphatic rings. The Morgan fingerprint density at radius 1 is 1.47 bits per heavy atom. The van der Waals surface area contributed by atoms with Crippen molar-refractivity contribution in [3.8, 4) is 0 Å². The van der Waals surface area contributed by atoms with Gasteiger partial charge in [-0.25, -0.2) is 0 Å². The maximum atomic E-state index is 6.00. The molecule has 1 fully saturated rings. The molecule has 1 aromatic rings. The van der Waals surface area contributed by atoms with E-state index in [0.29, 0.717) is 16.1 Å². The van der Waals surface area contributed by atoms with Gasteiger partial charge in [-0.3, -0.25) is 0 Å². The van der Waals surface area contributed by atoms with E-state index in [0.717, 1.165) is 17.8 Å². The summed E-state index contributed by atoms with van der Waals surface area (Å²) in [4.78, 5) is 2.80. The smallest absolute Gasteiger partial charge is 0.106 e. The van der Waals surface area contributed by atoms with Gasteiger partial charge in [-0.2, -0.15) is 0 Å². The molecule has 2 N–H and O–H groups in total. The molecule has 1 unspecified atom stereocenters. The van der Waals surface area contributed by atoms with E-state index in [4.69, 9.17) is 29.6 Å². The fourth-order valence-electron chi connectivity index (χ4n) is 2.41. The van der Waals surface area contributed by atoms with Gasteiger partial charge in [0.25, 0.3) is 0 Å². The van der Waals surface area contributed by atoms with Gasteiger partial charge in [0.15, 0.2) is 0 Å². The highest BCUT2D eigenvalue weighted by atomic mass is 35.5. The second-order valence-electron chi connectivity index (χ2n) is 4.56. The van der Waals surface area contributed by atoms with Crippen LogP contribution < -0.4 is 10.6 Å². The van der Waals surface area contributed by atoms with Crippen LogP contribution in [0.3, 0.4) is 0 Å². The summed E-state index contributed by atoms with van der Waals surface area (Å²) in [6.45, 7) is 3.32. The highest BCUT2D eigenvalue weighted by Crippen LogP contribution is 2.29. The topological polar surface area (TPSA) is 29.3 Å². The fraction of sp³-hybridized carbons (Fsp3) is 0.462. The van der Waals surface area contributed by atoms with Gasteiger partial charge in [0, 0.05) is 28.9 Å². The van der Waals surface area contributed by atoms with E-state index in [1.165, 1.54) is 19.3 Å². The number of thiocarbonyl (C=S) groups is 1. The second kappa shape index (κ2) is 5.23. The lowest BCUT2D eigenvalue weighted by Crippen LogP contribution is -2.38. The molecule has 0 saturated carbocycles. The third-order valence-electron chi connectivity index (χ3n) is 3.34. The Kier molecular flexibility index (Phi) is 3.89. The summed E-state index contributed by atoms with van der Waals surface area (Å²) >= 11 is 11.1. The highest BCUT2D eigenvalue weighted by Gasteiger charge is 2.21. The van der Waals surface area contributed by atoms with Crippen molar-refractivity contribution >= 4 is 34.5 Å². The van der Waals surface area contributed by atoms with Gasteiger partial charge in [0.1, 0.15) is 4.99 Å². The van der Waals surface area contributed by atoms with Crippen molar-refractivity contribution in [1.29, 1.82) is 0 Å². The van der Waals surface area contributed by atoms with Crippen molar-refractivity contribution in [1.82, 2.24) is 0 Å². The third kappa shape index (κ3) is 2.72. The number of piperidine rings is 1. The van der Waals surface area contributed by atoms with Crippen LogP contribution in [0.15, 0.2) is 18.2 Å². The lowest BCUT2D eigenvalue weighted by Gasteiger charge is -2.36. The minimum absolute atomic E-state index is 0.417.